The van der Waals surface area contributed by atoms with Crippen LogP contribution in [0.2, 0.25) is 0 Å². The number of ether oxygens (including phenoxy) is 3. The fraction of sp³-hybridized carbons (Fsp3) is 0.333. The molecule has 0 aromatic heterocycles. The van der Waals surface area contributed by atoms with Gasteiger partial charge in [-0.1, -0.05) is 12.1 Å². The quantitative estimate of drug-likeness (QED) is 0.686. The van der Waals surface area contributed by atoms with E-state index in [1.165, 1.54) is 19.2 Å². The van der Waals surface area contributed by atoms with E-state index < -0.39 is 5.97 Å². The molecule has 2 aromatic carbocycles. The van der Waals surface area contributed by atoms with Crippen molar-refractivity contribution in [1.82, 2.24) is 5.32 Å². The number of aromatic carboxylic acids is 1. The Morgan fingerprint density at radius 3 is 2.04 bits per heavy atom. The molecule has 28 heavy (non-hydrogen) atoms. The molecule has 2 aromatic rings. The van der Waals surface area contributed by atoms with E-state index in [9.17, 15) is 9.59 Å². The molecule has 1 atom stereocenters. The lowest BCUT2D eigenvalue weighted by molar-refractivity contribution is -0.121. The minimum Gasteiger partial charge on any atom is -0.493 e. The molecule has 0 heterocycles. The van der Waals surface area contributed by atoms with Crippen molar-refractivity contribution >= 4 is 11.9 Å². The predicted octanol–water partition coefficient (Wildman–Crippen LogP) is 3.22. The third kappa shape index (κ3) is 5.16. The Bertz CT molecular complexity index is 806. The van der Waals surface area contributed by atoms with E-state index in [0.717, 1.165) is 11.1 Å². The minimum absolute atomic E-state index is 0.108. The van der Waals surface area contributed by atoms with Crippen molar-refractivity contribution in [1.29, 1.82) is 0 Å². The van der Waals surface area contributed by atoms with E-state index in [0.29, 0.717) is 30.1 Å². The molecule has 1 unspecified atom stereocenters. The maximum absolute atomic E-state index is 12.3. The lowest BCUT2D eigenvalue weighted by Gasteiger charge is -2.19. The first-order chi connectivity index (χ1) is 13.4. The minimum atomic E-state index is -0.969. The lowest BCUT2D eigenvalue weighted by Crippen LogP contribution is -2.26. The third-order valence-corrected chi connectivity index (χ3v) is 4.41. The number of rotatable bonds is 9. The Morgan fingerprint density at radius 2 is 1.57 bits per heavy atom. The summed E-state index contributed by atoms with van der Waals surface area (Å²) in [5.74, 6) is 0.469. The number of benzene rings is 2. The summed E-state index contributed by atoms with van der Waals surface area (Å²) in [6.45, 7) is 1.88. The van der Waals surface area contributed by atoms with Crippen LogP contribution in [0.4, 0.5) is 0 Å². The van der Waals surface area contributed by atoms with Crippen molar-refractivity contribution < 1.29 is 28.9 Å². The van der Waals surface area contributed by atoms with Crippen LogP contribution in [0.1, 0.15) is 40.9 Å². The number of hydrogen-bond acceptors (Lipinski definition) is 5. The normalized spacial score (nSPS) is 11.4. The molecule has 0 saturated heterocycles. The average molecular weight is 387 g/mol. The van der Waals surface area contributed by atoms with Gasteiger partial charge in [-0.15, -0.1) is 0 Å². The molecule has 0 aliphatic rings. The number of carboxylic acids is 1. The number of carboxylic acid groups (broad SMARTS) is 1. The van der Waals surface area contributed by atoms with Crippen molar-refractivity contribution in [2.24, 2.45) is 0 Å². The molecule has 0 aliphatic carbocycles. The summed E-state index contributed by atoms with van der Waals surface area (Å²) in [7, 11) is 4.62. The maximum atomic E-state index is 12.3. The highest BCUT2D eigenvalue weighted by molar-refractivity contribution is 5.87. The summed E-state index contributed by atoms with van der Waals surface area (Å²) in [5, 5.41) is 11.9. The molecule has 0 saturated carbocycles. The lowest BCUT2D eigenvalue weighted by atomic mass is 10.0. The van der Waals surface area contributed by atoms with Gasteiger partial charge in [0.05, 0.1) is 32.9 Å². The van der Waals surface area contributed by atoms with E-state index in [1.54, 1.807) is 38.5 Å². The molecular formula is C21H25NO6. The van der Waals surface area contributed by atoms with Gasteiger partial charge in [0, 0.05) is 6.42 Å². The zero-order chi connectivity index (χ0) is 20.7. The van der Waals surface area contributed by atoms with Crippen molar-refractivity contribution in [3.05, 3.63) is 53.1 Å². The van der Waals surface area contributed by atoms with Gasteiger partial charge in [-0.05, 0) is 48.7 Å². The molecule has 1 amide bonds. The van der Waals surface area contributed by atoms with Gasteiger partial charge < -0.3 is 24.6 Å². The molecule has 150 valence electrons. The van der Waals surface area contributed by atoms with Gasteiger partial charge in [0.2, 0.25) is 11.7 Å². The van der Waals surface area contributed by atoms with Crippen LogP contribution in [0.3, 0.4) is 0 Å². The SMILES string of the molecule is COc1cc(C(C)NC(=O)CCc2ccc(C(=O)O)cc2)cc(OC)c1OC. The standard InChI is InChI=1S/C21H25NO6/c1-13(16-11-17(26-2)20(28-4)18(12-16)27-3)22-19(23)10-7-14-5-8-15(9-6-14)21(24)25/h5-6,8-9,11-13H,7,10H2,1-4H3,(H,22,23)(H,24,25). The van der Waals surface area contributed by atoms with Gasteiger partial charge in [0.15, 0.2) is 11.5 Å². The number of methoxy groups -OCH3 is 3. The Balaban J connectivity index is 2.00. The molecule has 2 N–H and O–H groups in total. The van der Waals surface area contributed by atoms with Crippen LogP contribution in [0.15, 0.2) is 36.4 Å². The Hall–Kier alpha value is -3.22. The second-order valence-corrected chi connectivity index (χ2v) is 6.25. The fourth-order valence-electron chi connectivity index (χ4n) is 2.82. The highest BCUT2D eigenvalue weighted by Gasteiger charge is 2.17. The van der Waals surface area contributed by atoms with Crippen molar-refractivity contribution in [2.45, 2.75) is 25.8 Å². The Labute approximate surface area is 164 Å². The van der Waals surface area contributed by atoms with Crippen molar-refractivity contribution in [2.75, 3.05) is 21.3 Å². The summed E-state index contributed by atoms with van der Waals surface area (Å²) < 4.78 is 16.0. The first-order valence-corrected chi connectivity index (χ1v) is 8.81. The number of nitrogens with one attached hydrogen (secondary N) is 1. The first kappa shape index (κ1) is 21.1. The Morgan fingerprint density at radius 1 is 1.00 bits per heavy atom. The maximum Gasteiger partial charge on any atom is 0.335 e. The topological polar surface area (TPSA) is 94.1 Å². The van der Waals surface area contributed by atoms with Crippen LogP contribution in [-0.2, 0) is 11.2 Å². The summed E-state index contributed by atoms with van der Waals surface area (Å²) in [6, 6.07) is 9.87. The smallest absolute Gasteiger partial charge is 0.335 e. The zero-order valence-electron chi connectivity index (χ0n) is 16.4. The monoisotopic (exact) mass is 387 g/mol. The van der Waals surface area contributed by atoms with Gasteiger partial charge in [-0.25, -0.2) is 4.79 Å². The molecule has 7 nitrogen and oxygen atoms in total. The highest BCUT2D eigenvalue weighted by atomic mass is 16.5. The summed E-state index contributed by atoms with van der Waals surface area (Å²) in [6.07, 6.45) is 0.814. The van der Waals surface area contributed by atoms with E-state index in [-0.39, 0.29) is 17.5 Å². The molecule has 0 bridgehead atoms. The van der Waals surface area contributed by atoms with Crippen LogP contribution in [0.25, 0.3) is 0 Å². The second kappa shape index (κ2) is 9.64. The molecule has 0 aliphatic heterocycles. The van der Waals surface area contributed by atoms with E-state index >= 15 is 0 Å². The van der Waals surface area contributed by atoms with Crippen LogP contribution >= 0.6 is 0 Å². The van der Waals surface area contributed by atoms with Gasteiger partial charge in [0.1, 0.15) is 0 Å². The molecule has 0 radical (unpaired) electrons. The summed E-state index contributed by atoms with van der Waals surface area (Å²) in [5.41, 5.74) is 1.96. The zero-order valence-corrected chi connectivity index (χ0v) is 16.4. The average Bonchev–Trinajstić information content (AvgIpc) is 2.71. The van der Waals surface area contributed by atoms with Crippen molar-refractivity contribution in [3.63, 3.8) is 0 Å². The summed E-state index contributed by atoms with van der Waals surface area (Å²) >= 11 is 0. The van der Waals surface area contributed by atoms with Crippen LogP contribution < -0.4 is 19.5 Å². The van der Waals surface area contributed by atoms with E-state index in [1.807, 2.05) is 6.92 Å². The predicted molar refractivity (Wildman–Crippen MR) is 104 cm³/mol. The van der Waals surface area contributed by atoms with Crippen LogP contribution in [0, 0.1) is 0 Å². The van der Waals surface area contributed by atoms with E-state index in [2.05, 4.69) is 5.32 Å². The van der Waals surface area contributed by atoms with Crippen LogP contribution in [-0.4, -0.2) is 38.3 Å². The van der Waals surface area contributed by atoms with Gasteiger partial charge in [-0.3, -0.25) is 4.79 Å². The Kier molecular flexibility index (Phi) is 7.26. The van der Waals surface area contributed by atoms with E-state index in [4.69, 9.17) is 19.3 Å². The van der Waals surface area contributed by atoms with Gasteiger partial charge in [0.25, 0.3) is 0 Å². The highest BCUT2D eigenvalue weighted by Crippen LogP contribution is 2.39. The fourth-order valence-corrected chi connectivity index (χ4v) is 2.82. The molecule has 7 heteroatoms. The summed E-state index contributed by atoms with van der Waals surface area (Å²) in [4.78, 5) is 23.2. The number of carbonyl (C=O) groups is 2. The molecule has 0 spiro atoms. The third-order valence-electron chi connectivity index (χ3n) is 4.41. The number of aryl methyl sites for hydroxylation is 1. The largest absolute Gasteiger partial charge is 0.493 e. The number of carbonyl (C=O) groups excluding carboxylic acids is 1. The second-order valence-electron chi connectivity index (χ2n) is 6.25. The van der Waals surface area contributed by atoms with Crippen LogP contribution in [0.5, 0.6) is 17.2 Å². The number of hydrogen-bond donors (Lipinski definition) is 2. The van der Waals surface area contributed by atoms with Gasteiger partial charge in [-0.2, -0.15) is 0 Å². The first-order valence-electron chi connectivity index (χ1n) is 8.81. The molecule has 0 fully saturated rings. The molecular weight excluding hydrogens is 362 g/mol. The number of amides is 1. The molecule has 2 rings (SSSR count). The van der Waals surface area contributed by atoms with Gasteiger partial charge >= 0.3 is 5.97 Å². The van der Waals surface area contributed by atoms with Crippen molar-refractivity contribution in [3.8, 4) is 17.2 Å².